The Kier molecular flexibility index (Phi) is 4.57. The normalized spacial score (nSPS) is 14.4. The van der Waals surface area contributed by atoms with E-state index in [4.69, 9.17) is 0 Å². The Labute approximate surface area is 99.2 Å². The molecule has 0 aromatic heterocycles. The van der Waals surface area contributed by atoms with E-state index in [9.17, 15) is 19.6 Å². The Bertz CT molecular complexity index is 407. The number of aliphatic hydroxyl groups is 1. The minimum atomic E-state index is -0.795. The molecule has 0 spiro atoms. The number of rotatable bonds is 5. The van der Waals surface area contributed by atoms with Crippen LogP contribution in [0.2, 0.25) is 0 Å². The van der Waals surface area contributed by atoms with E-state index in [0.29, 0.717) is 12.8 Å². The molecule has 0 amide bonds. The summed E-state index contributed by atoms with van der Waals surface area (Å²) in [6.45, 7) is 3.54. The molecule has 1 aromatic rings. The predicted octanol–water partition coefficient (Wildman–Crippen LogP) is 2.68. The van der Waals surface area contributed by atoms with Crippen LogP contribution in [0.3, 0.4) is 0 Å². The standard InChI is InChI=1S/C12H16FNO3/c1-3-9(8(2)15)7-10-5-4-6-11(12(10)13)14(16)17/h4-6,8-9,15H,3,7H2,1-2H3. The Morgan fingerprint density at radius 3 is 2.65 bits per heavy atom. The maximum absolute atomic E-state index is 13.8. The number of halogens is 1. The molecule has 2 atom stereocenters. The van der Waals surface area contributed by atoms with Crippen LogP contribution in [0.25, 0.3) is 0 Å². The minimum absolute atomic E-state index is 0.0912. The highest BCUT2D eigenvalue weighted by molar-refractivity contribution is 5.37. The molecule has 1 aromatic carbocycles. The van der Waals surface area contributed by atoms with Gasteiger partial charge in [-0.25, -0.2) is 0 Å². The lowest BCUT2D eigenvalue weighted by Crippen LogP contribution is -2.19. The molecule has 0 aliphatic heterocycles. The Morgan fingerprint density at radius 1 is 1.53 bits per heavy atom. The summed E-state index contributed by atoms with van der Waals surface area (Å²) in [5, 5.41) is 20.1. The molecule has 0 saturated heterocycles. The third-order valence-corrected chi connectivity index (χ3v) is 2.94. The molecule has 1 N–H and O–H groups in total. The largest absolute Gasteiger partial charge is 0.393 e. The van der Waals surface area contributed by atoms with Gasteiger partial charge < -0.3 is 5.11 Å². The van der Waals surface area contributed by atoms with E-state index in [1.807, 2.05) is 6.92 Å². The van der Waals surface area contributed by atoms with E-state index in [1.165, 1.54) is 12.1 Å². The second-order valence-corrected chi connectivity index (χ2v) is 4.12. The van der Waals surface area contributed by atoms with Crippen molar-refractivity contribution >= 4 is 5.69 Å². The predicted molar refractivity (Wildman–Crippen MR) is 62.2 cm³/mol. The number of nitro groups is 1. The monoisotopic (exact) mass is 241 g/mol. The number of nitrogens with zero attached hydrogens (tertiary/aromatic N) is 1. The molecule has 94 valence electrons. The minimum Gasteiger partial charge on any atom is -0.393 e. The van der Waals surface area contributed by atoms with Crippen LogP contribution < -0.4 is 0 Å². The maximum atomic E-state index is 13.8. The van der Waals surface area contributed by atoms with E-state index >= 15 is 0 Å². The summed E-state index contributed by atoms with van der Waals surface area (Å²) in [4.78, 5) is 9.85. The summed E-state index contributed by atoms with van der Waals surface area (Å²) >= 11 is 0. The molecule has 1 rings (SSSR count). The van der Waals surface area contributed by atoms with E-state index in [-0.39, 0.29) is 11.5 Å². The Balaban J connectivity index is 2.99. The van der Waals surface area contributed by atoms with Gasteiger partial charge in [0.25, 0.3) is 0 Å². The first-order valence-corrected chi connectivity index (χ1v) is 5.57. The average molecular weight is 241 g/mol. The third-order valence-electron chi connectivity index (χ3n) is 2.94. The summed E-state index contributed by atoms with van der Waals surface area (Å²) in [5.74, 6) is -0.886. The van der Waals surface area contributed by atoms with Gasteiger partial charge in [0.1, 0.15) is 0 Å². The van der Waals surface area contributed by atoms with Crippen molar-refractivity contribution in [1.29, 1.82) is 0 Å². The van der Waals surface area contributed by atoms with Crippen LogP contribution in [-0.4, -0.2) is 16.1 Å². The van der Waals surface area contributed by atoms with Gasteiger partial charge in [0, 0.05) is 6.07 Å². The van der Waals surface area contributed by atoms with E-state index in [1.54, 1.807) is 6.92 Å². The first-order valence-electron chi connectivity index (χ1n) is 5.57. The SMILES string of the molecule is CCC(Cc1cccc([N+](=O)[O-])c1F)C(C)O. The van der Waals surface area contributed by atoms with Crippen molar-refractivity contribution in [2.24, 2.45) is 5.92 Å². The smallest absolute Gasteiger partial charge is 0.305 e. The first-order chi connectivity index (χ1) is 7.97. The van der Waals surface area contributed by atoms with Gasteiger partial charge in [-0.3, -0.25) is 10.1 Å². The summed E-state index contributed by atoms with van der Waals surface area (Å²) < 4.78 is 13.8. The molecule has 5 heteroatoms. The number of hydrogen-bond acceptors (Lipinski definition) is 3. The molecule has 0 heterocycles. The van der Waals surface area contributed by atoms with Crippen molar-refractivity contribution in [1.82, 2.24) is 0 Å². The zero-order valence-electron chi connectivity index (χ0n) is 9.89. The fraction of sp³-hybridized carbons (Fsp3) is 0.500. The van der Waals surface area contributed by atoms with E-state index in [2.05, 4.69) is 0 Å². The Morgan fingerprint density at radius 2 is 2.18 bits per heavy atom. The zero-order valence-corrected chi connectivity index (χ0v) is 9.89. The molecular weight excluding hydrogens is 225 g/mol. The number of hydrogen-bond donors (Lipinski definition) is 1. The number of aliphatic hydroxyl groups excluding tert-OH is 1. The highest BCUT2D eigenvalue weighted by Crippen LogP contribution is 2.24. The maximum Gasteiger partial charge on any atom is 0.305 e. The van der Waals surface area contributed by atoms with Gasteiger partial charge in [-0.15, -0.1) is 0 Å². The van der Waals surface area contributed by atoms with Crippen LogP contribution in [0.4, 0.5) is 10.1 Å². The lowest BCUT2D eigenvalue weighted by atomic mass is 9.92. The highest BCUT2D eigenvalue weighted by Gasteiger charge is 2.21. The van der Waals surface area contributed by atoms with Crippen molar-refractivity contribution in [2.45, 2.75) is 32.8 Å². The van der Waals surface area contributed by atoms with Crippen molar-refractivity contribution in [3.8, 4) is 0 Å². The van der Waals surface area contributed by atoms with E-state index < -0.39 is 22.5 Å². The second-order valence-electron chi connectivity index (χ2n) is 4.12. The van der Waals surface area contributed by atoms with Crippen LogP contribution in [0.5, 0.6) is 0 Å². The second kappa shape index (κ2) is 5.72. The zero-order chi connectivity index (χ0) is 13.0. The van der Waals surface area contributed by atoms with Crippen LogP contribution in [0.1, 0.15) is 25.8 Å². The summed E-state index contributed by atoms with van der Waals surface area (Å²) in [5.41, 5.74) is -0.227. The lowest BCUT2D eigenvalue weighted by molar-refractivity contribution is -0.387. The van der Waals surface area contributed by atoms with Gasteiger partial charge in [-0.05, 0) is 24.8 Å². The molecule has 0 bridgehead atoms. The van der Waals surface area contributed by atoms with Crippen LogP contribution in [0, 0.1) is 21.8 Å². The van der Waals surface area contributed by atoms with Crippen LogP contribution in [0.15, 0.2) is 18.2 Å². The average Bonchev–Trinajstić information content (AvgIpc) is 2.26. The van der Waals surface area contributed by atoms with Crippen LogP contribution in [-0.2, 0) is 6.42 Å². The third kappa shape index (κ3) is 3.23. The van der Waals surface area contributed by atoms with Gasteiger partial charge in [0.15, 0.2) is 0 Å². The molecule has 0 aliphatic rings. The molecule has 2 unspecified atom stereocenters. The first kappa shape index (κ1) is 13.6. The van der Waals surface area contributed by atoms with Crippen molar-refractivity contribution in [2.75, 3.05) is 0 Å². The fourth-order valence-electron chi connectivity index (χ4n) is 1.80. The van der Waals surface area contributed by atoms with Gasteiger partial charge in [0.2, 0.25) is 5.82 Å². The lowest BCUT2D eigenvalue weighted by Gasteiger charge is -2.18. The topological polar surface area (TPSA) is 63.4 Å². The molecular formula is C12H16FNO3. The quantitative estimate of drug-likeness (QED) is 0.636. The van der Waals surface area contributed by atoms with Gasteiger partial charge in [-0.1, -0.05) is 25.5 Å². The molecule has 0 aliphatic carbocycles. The van der Waals surface area contributed by atoms with Crippen LogP contribution >= 0.6 is 0 Å². The van der Waals surface area contributed by atoms with Gasteiger partial charge >= 0.3 is 5.69 Å². The fourth-order valence-corrected chi connectivity index (χ4v) is 1.80. The molecule has 17 heavy (non-hydrogen) atoms. The molecule has 0 saturated carbocycles. The number of benzene rings is 1. The van der Waals surface area contributed by atoms with E-state index in [0.717, 1.165) is 6.07 Å². The Hall–Kier alpha value is -1.49. The number of nitro benzene ring substituents is 1. The summed E-state index contributed by atoms with van der Waals surface area (Å²) in [6.07, 6.45) is 0.445. The molecule has 4 nitrogen and oxygen atoms in total. The molecule has 0 fully saturated rings. The molecule has 0 radical (unpaired) electrons. The highest BCUT2D eigenvalue weighted by atomic mass is 19.1. The van der Waals surface area contributed by atoms with Crippen molar-refractivity contribution in [3.05, 3.63) is 39.7 Å². The van der Waals surface area contributed by atoms with Gasteiger partial charge in [0.05, 0.1) is 11.0 Å². The summed E-state index contributed by atoms with van der Waals surface area (Å²) in [6, 6.07) is 4.13. The summed E-state index contributed by atoms with van der Waals surface area (Å²) in [7, 11) is 0. The van der Waals surface area contributed by atoms with Crippen molar-refractivity contribution in [3.63, 3.8) is 0 Å². The van der Waals surface area contributed by atoms with Crippen molar-refractivity contribution < 1.29 is 14.4 Å². The van der Waals surface area contributed by atoms with Gasteiger partial charge in [-0.2, -0.15) is 4.39 Å².